The van der Waals surface area contributed by atoms with Gasteiger partial charge in [-0.05, 0) is 37.5 Å². The summed E-state index contributed by atoms with van der Waals surface area (Å²) in [6.07, 6.45) is 2.48. The second-order valence-corrected chi connectivity index (χ2v) is 5.35. The Bertz CT molecular complexity index is 548. The number of halogens is 1. The molecule has 21 heavy (non-hydrogen) atoms. The lowest BCUT2D eigenvalue weighted by atomic mass is 9.92. The van der Waals surface area contributed by atoms with Gasteiger partial charge in [-0.3, -0.25) is 9.59 Å². The summed E-state index contributed by atoms with van der Waals surface area (Å²) in [7, 11) is 0. The van der Waals surface area contributed by atoms with Gasteiger partial charge in [-0.25, -0.2) is 4.39 Å². The first-order valence-electron chi connectivity index (χ1n) is 7.03. The van der Waals surface area contributed by atoms with Crippen LogP contribution in [-0.4, -0.2) is 29.1 Å². The van der Waals surface area contributed by atoms with Crippen LogP contribution in [0.25, 0.3) is 0 Å². The number of rotatable bonds is 2. The van der Waals surface area contributed by atoms with Gasteiger partial charge < -0.3 is 15.7 Å². The minimum atomic E-state index is -0.860. The second kappa shape index (κ2) is 6.67. The number of amides is 2. The van der Waals surface area contributed by atoms with Gasteiger partial charge in [0.1, 0.15) is 5.82 Å². The molecule has 0 aromatic heterocycles. The maximum Gasteiger partial charge on any atom is 0.313 e. The Morgan fingerprint density at radius 2 is 1.95 bits per heavy atom. The monoisotopic (exact) mass is 294 g/mol. The lowest BCUT2D eigenvalue weighted by molar-refractivity contribution is -0.137. The van der Waals surface area contributed by atoms with E-state index >= 15 is 0 Å². The summed E-state index contributed by atoms with van der Waals surface area (Å²) >= 11 is 0. The summed E-state index contributed by atoms with van der Waals surface area (Å²) in [5.41, 5.74) is 0.926. The minimum Gasteiger partial charge on any atom is -0.391 e. The van der Waals surface area contributed by atoms with Crippen LogP contribution in [0.1, 0.15) is 31.2 Å². The molecular weight excluding hydrogens is 275 g/mol. The van der Waals surface area contributed by atoms with E-state index in [4.69, 9.17) is 0 Å². The van der Waals surface area contributed by atoms with Gasteiger partial charge in [-0.15, -0.1) is 0 Å². The van der Waals surface area contributed by atoms with Gasteiger partial charge in [0.2, 0.25) is 0 Å². The van der Waals surface area contributed by atoms with Crippen molar-refractivity contribution in [1.29, 1.82) is 0 Å². The topological polar surface area (TPSA) is 78.4 Å². The second-order valence-electron chi connectivity index (χ2n) is 5.35. The van der Waals surface area contributed by atoms with Gasteiger partial charge in [0, 0.05) is 5.69 Å². The molecule has 5 nitrogen and oxygen atoms in total. The minimum absolute atomic E-state index is 0.263. The van der Waals surface area contributed by atoms with Crippen LogP contribution >= 0.6 is 0 Å². The molecule has 1 saturated carbocycles. The van der Waals surface area contributed by atoms with E-state index in [2.05, 4.69) is 10.6 Å². The maximum atomic E-state index is 13.1. The van der Waals surface area contributed by atoms with E-state index in [1.54, 1.807) is 6.92 Å². The Morgan fingerprint density at radius 3 is 2.67 bits per heavy atom. The molecule has 1 fully saturated rings. The number of nitrogens with one attached hydrogen (secondary N) is 2. The number of benzene rings is 1. The van der Waals surface area contributed by atoms with E-state index < -0.39 is 29.8 Å². The molecule has 2 atom stereocenters. The van der Waals surface area contributed by atoms with Gasteiger partial charge in [0.05, 0.1) is 12.1 Å². The van der Waals surface area contributed by atoms with Crippen molar-refractivity contribution in [2.45, 2.75) is 44.8 Å². The lowest BCUT2D eigenvalue weighted by Crippen LogP contribution is -2.48. The molecule has 0 radical (unpaired) electrons. The van der Waals surface area contributed by atoms with E-state index in [-0.39, 0.29) is 5.69 Å². The zero-order valence-corrected chi connectivity index (χ0v) is 11.9. The van der Waals surface area contributed by atoms with Crippen molar-refractivity contribution < 1.29 is 19.1 Å². The molecule has 2 amide bonds. The summed E-state index contributed by atoms with van der Waals surface area (Å²) in [5, 5.41) is 14.7. The average Bonchev–Trinajstić information content (AvgIpc) is 2.45. The van der Waals surface area contributed by atoms with E-state index in [0.717, 1.165) is 18.9 Å². The van der Waals surface area contributed by atoms with Gasteiger partial charge in [-0.2, -0.15) is 0 Å². The van der Waals surface area contributed by atoms with E-state index in [1.807, 2.05) is 0 Å². The summed E-state index contributed by atoms with van der Waals surface area (Å²) in [4.78, 5) is 23.7. The molecule has 6 heteroatoms. The van der Waals surface area contributed by atoms with Crippen molar-refractivity contribution in [2.24, 2.45) is 0 Å². The lowest BCUT2D eigenvalue weighted by Gasteiger charge is -2.28. The highest BCUT2D eigenvalue weighted by atomic mass is 19.1. The molecule has 2 unspecified atom stereocenters. The van der Waals surface area contributed by atoms with Crippen LogP contribution in [0.15, 0.2) is 18.2 Å². The van der Waals surface area contributed by atoms with Gasteiger partial charge >= 0.3 is 11.8 Å². The van der Waals surface area contributed by atoms with Crippen LogP contribution in [0.4, 0.5) is 10.1 Å². The third-order valence-corrected chi connectivity index (χ3v) is 3.70. The molecule has 2 rings (SSSR count). The Balaban J connectivity index is 1.96. The quantitative estimate of drug-likeness (QED) is 0.723. The van der Waals surface area contributed by atoms with Gasteiger partial charge in [0.25, 0.3) is 0 Å². The highest BCUT2D eigenvalue weighted by molar-refractivity contribution is 6.39. The van der Waals surface area contributed by atoms with Crippen LogP contribution < -0.4 is 10.6 Å². The van der Waals surface area contributed by atoms with Crippen LogP contribution in [0.2, 0.25) is 0 Å². The molecule has 1 aromatic rings. The summed E-state index contributed by atoms with van der Waals surface area (Å²) in [6.45, 7) is 1.71. The molecule has 3 N–H and O–H groups in total. The summed E-state index contributed by atoms with van der Waals surface area (Å²) < 4.78 is 13.1. The molecule has 1 aliphatic rings. The van der Waals surface area contributed by atoms with E-state index in [0.29, 0.717) is 18.4 Å². The van der Waals surface area contributed by atoms with Crippen LogP contribution in [-0.2, 0) is 9.59 Å². The molecule has 0 bridgehead atoms. The molecule has 0 saturated heterocycles. The largest absolute Gasteiger partial charge is 0.391 e. The maximum absolute atomic E-state index is 13.1. The first-order chi connectivity index (χ1) is 9.97. The first-order valence-corrected chi connectivity index (χ1v) is 7.03. The number of aliphatic hydroxyl groups excluding tert-OH is 1. The number of hydrogen-bond acceptors (Lipinski definition) is 3. The molecule has 0 aliphatic heterocycles. The number of carbonyl (C=O) groups is 2. The predicted octanol–water partition coefficient (Wildman–Crippen LogP) is 1.49. The third kappa shape index (κ3) is 4.01. The normalized spacial score (nSPS) is 21.7. The first kappa shape index (κ1) is 15.4. The van der Waals surface area contributed by atoms with Gasteiger partial charge in [0.15, 0.2) is 0 Å². The highest BCUT2D eigenvalue weighted by Crippen LogP contribution is 2.19. The Hall–Kier alpha value is -1.95. The zero-order chi connectivity index (χ0) is 15.4. The highest BCUT2D eigenvalue weighted by Gasteiger charge is 2.26. The van der Waals surface area contributed by atoms with Crippen LogP contribution in [0, 0.1) is 12.7 Å². The molecule has 0 heterocycles. The fraction of sp³-hybridized carbons (Fsp3) is 0.467. The van der Waals surface area contributed by atoms with Crippen molar-refractivity contribution in [3.05, 3.63) is 29.6 Å². The Labute approximate surface area is 122 Å². The summed E-state index contributed by atoms with van der Waals surface area (Å²) in [6, 6.07) is 3.57. The molecule has 0 spiro atoms. The Kier molecular flexibility index (Phi) is 4.90. The molecule has 1 aliphatic carbocycles. The van der Waals surface area contributed by atoms with E-state index in [9.17, 15) is 19.1 Å². The molecular formula is C15H19FN2O3. The predicted molar refractivity (Wildman–Crippen MR) is 76.2 cm³/mol. The number of anilines is 1. The number of carbonyl (C=O) groups excluding carboxylic acids is 2. The zero-order valence-electron chi connectivity index (χ0n) is 11.9. The fourth-order valence-electron chi connectivity index (χ4n) is 2.42. The van der Waals surface area contributed by atoms with Crippen molar-refractivity contribution in [3.63, 3.8) is 0 Å². The molecule has 1 aromatic carbocycles. The standard InChI is InChI=1S/C15H19FN2O3/c1-9-6-7-10(16)8-12(9)18-15(21)14(20)17-11-4-2-3-5-13(11)19/h6-8,11,13,19H,2-5H2,1H3,(H,17,20)(H,18,21). The van der Waals surface area contributed by atoms with Crippen molar-refractivity contribution in [3.8, 4) is 0 Å². The smallest absolute Gasteiger partial charge is 0.313 e. The summed E-state index contributed by atoms with van der Waals surface area (Å²) in [5.74, 6) is -2.16. The van der Waals surface area contributed by atoms with Crippen molar-refractivity contribution in [1.82, 2.24) is 5.32 Å². The van der Waals surface area contributed by atoms with Crippen LogP contribution in [0.3, 0.4) is 0 Å². The number of aliphatic hydroxyl groups is 1. The van der Waals surface area contributed by atoms with Gasteiger partial charge in [-0.1, -0.05) is 18.9 Å². The third-order valence-electron chi connectivity index (χ3n) is 3.70. The molecule has 114 valence electrons. The van der Waals surface area contributed by atoms with Crippen molar-refractivity contribution in [2.75, 3.05) is 5.32 Å². The Morgan fingerprint density at radius 1 is 1.24 bits per heavy atom. The fourth-order valence-corrected chi connectivity index (χ4v) is 2.42. The SMILES string of the molecule is Cc1ccc(F)cc1NC(=O)C(=O)NC1CCCCC1O. The van der Waals surface area contributed by atoms with Crippen molar-refractivity contribution >= 4 is 17.5 Å². The van der Waals surface area contributed by atoms with Crippen LogP contribution in [0.5, 0.6) is 0 Å². The number of hydrogen-bond donors (Lipinski definition) is 3. The number of aryl methyl sites for hydroxylation is 1. The van der Waals surface area contributed by atoms with E-state index in [1.165, 1.54) is 12.1 Å². The average molecular weight is 294 g/mol.